The Morgan fingerprint density at radius 3 is 2.62 bits per heavy atom. The van der Waals surface area contributed by atoms with Gasteiger partial charge < -0.3 is 10.0 Å². The Kier molecular flexibility index (Phi) is 4.26. The average Bonchev–Trinajstić information content (AvgIpc) is 2.99. The molecule has 0 spiro atoms. The number of fused-ring (bicyclic) bond motifs is 1. The molecule has 0 unspecified atom stereocenters. The van der Waals surface area contributed by atoms with Crippen molar-refractivity contribution in [2.24, 2.45) is 0 Å². The van der Waals surface area contributed by atoms with E-state index >= 15 is 0 Å². The number of β-amino-alcohol motifs (C(OH)–C–C–N with tert-alkyl or cyclic N) is 1. The van der Waals surface area contributed by atoms with E-state index in [1.54, 1.807) is 0 Å². The van der Waals surface area contributed by atoms with Crippen molar-refractivity contribution in [2.45, 2.75) is 63.4 Å². The molecule has 2 aromatic heterocycles. The molecule has 6 heteroatoms. The Labute approximate surface area is 142 Å². The van der Waals surface area contributed by atoms with E-state index in [0.717, 1.165) is 62.5 Å². The van der Waals surface area contributed by atoms with Gasteiger partial charge in [-0.3, -0.25) is 0 Å². The first kappa shape index (κ1) is 16.0. The maximum absolute atomic E-state index is 10.8. The van der Waals surface area contributed by atoms with Crippen LogP contribution in [-0.4, -0.2) is 55.1 Å². The summed E-state index contributed by atoms with van der Waals surface area (Å²) in [5, 5.41) is 24.0. The lowest BCUT2D eigenvalue weighted by atomic mass is 9.84. The molecule has 1 N–H and O–H groups in total. The molecule has 130 valence electrons. The number of nitrogens with zero attached hydrogens (tertiary/aromatic N) is 5. The quantitative estimate of drug-likeness (QED) is 0.936. The highest BCUT2D eigenvalue weighted by Gasteiger charge is 2.33. The Morgan fingerprint density at radius 2 is 1.88 bits per heavy atom. The average molecular weight is 329 g/mol. The summed E-state index contributed by atoms with van der Waals surface area (Å²) in [7, 11) is 0. The lowest BCUT2D eigenvalue weighted by Gasteiger charge is -2.39. The minimum absolute atomic E-state index is 0.409. The third-order valence-electron chi connectivity index (χ3n) is 5.68. The fourth-order valence-corrected chi connectivity index (χ4v) is 4.29. The summed E-state index contributed by atoms with van der Waals surface area (Å²) in [6.45, 7) is 4.87. The molecule has 24 heavy (non-hydrogen) atoms. The minimum Gasteiger partial charge on any atom is -0.389 e. The Morgan fingerprint density at radius 1 is 1.12 bits per heavy atom. The van der Waals surface area contributed by atoms with Crippen molar-refractivity contribution >= 4 is 5.65 Å². The van der Waals surface area contributed by atoms with Gasteiger partial charge in [0.2, 0.25) is 0 Å². The van der Waals surface area contributed by atoms with E-state index in [-0.39, 0.29) is 0 Å². The molecule has 2 fully saturated rings. The van der Waals surface area contributed by atoms with Gasteiger partial charge in [0.05, 0.1) is 11.3 Å². The van der Waals surface area contributed by atoms with Crippen molar-refractivity contribution in [1.82, 2.24) is 24.7 Å². The van der Waals surface area contributed by atoms with Gasteiger partial charge in [0.25, 0.3) is 0 Å². The molecular formula is C18H27N5O. The Balaban J connectivity index is 1.41. The van der Waals surface area contributed by atoms with Crippen molar-refractivity contribution in [3.8, 4) is 0 Å². The van der Waals surface area contributed by atoms with Gasteiger partial charge in [-0.2, -0.15) is 9.61 Å². The smallest absolute Gasteiger partial charge is 0.177 e. The first-order valence-electron chi connectivity index (χ1n) is 9.27. The van der Waals surface area contributed by atoms with Crippen LogP contribution in [0.2, 0.25) is 0 Å². The summed E-state index contributed by atoms with van der Waals surface area (Å²) in [5.74, 6) is 1.40. The van der Waals surface area contributed by atoms with Gasteiger partial charge in [0.1, 0.15) is 0 Å². The van der Waals surface area contributed by atoms with Gasteiger partial charge in [-0.1, -0.05) is 19.3 Å². The van der Waals surface area contributed by atoms with Crippen LogP contribution >= 0.6 is 0 Å². The number of aromatic nitrogens is 4. The van der Waals surface area contributed by atoms with E-state index in [0.29, 0.717) is 5.92 Å². The van der Waals surface area contributed by atoms with Gasteiger partial charge in [-0.15, -0.1) is 10.2 Å². The molecule has 0 amide bonds. The maximum Gasteiger partial charge on any atom is 0.177 e. The van der Waals surface area contributed by atoms with Crippen LogP contribution in [-0.2, 0) is 0 Å². The molecule has 0 atom stereocenters. The van der Waals surface area contributed by atoms with E-state index in [1.165, 1.54) is 19.3 Å². The van der Waals surface area contributed by atoms with E-state index in [1.807, 2.05) is 23.6 Å². The summed E-state index contributed by atoms with van der Waals surface area (Å²) >= 11 is 0. The van der Waals surface area contributed by atoms with E-state index in [9.17, 15) is 5.11 Å². The molecule has 1 saturated heterocycles. The van der Waals surface area contributed by atoms with Crippen molar-refractivity contribution in [2.75, 3.05) is 19.6 Å². The van der Waals surface area contributed by atoms with Crippen LogP contribution in [0.5, 0.6) is 0 Å². The first-order valence-corrected chi connectivity index (χ1v) is 9.27. The summed E-state index contributed by atoms with van der Waals surface area (Å²) in [6.07, 6.45) is 7.67. The highest BCUT2D eigenvalue weighted by molar-refractivity contribution is 5.36. The van der Waals surface area contributed by atoms with Crippen LogP contribution < -0.4 is 0 Å². The third-order valence-corrected chi connectivity index (χ3v) is 5.68. The largest absolute Gasteiger partial charge is 0.389 e. The van der Waals surface area contributed by atoms with Crippen LogP contribution in [0.15, 0.2) is 12.1 Å². The van der Waals surface area contributed by atoms with Gasteiger partial charge in [-0.05, 0) is 57.8 Å². The van der Waals surface area contributed by atoms with Crippen molar-refractivity contribution < 1.29 is 5.11 Å². The first-order chi connectivity index (χ1) is 11.6. The van der Waals surface area contributed by atoms with Crippen molar-refractivity contribution in [3.63, 3.8) is 0 Å². The molecule has 3 heterocycles. The normalized spacial score (nSPS) is 22.9. The van der Waals surface area contributed by atoms with Crippen molar-refractivity contribution in [1.29, 1.82) is 0 Å². The number of hydrogen-bond acceptors (Lipinski definition) is 5. The monoisotopic (exact) mass is 329 g/mol. The molecule has 1 aliphatic carbocycles. The predicted molar refractivity (Wildman–Crippen MR) is 92.0 cm³/mol. The van der Waals surface area contributed by atoms with Crippen LogP contribution in [0.4, 0.5) is 0 Å². The molecule has 1 aliphatic heterocycles. The number of likely N-dealkylation sites (tertiary alicyclic amines) is 1. The zero-order valence-electron chi connectivity index (χ0n) is 14.5. The van der Waals surface area contributed by atoms with Gasteiger partial charge in [0.15, 0.2) is 11.5 Å². The maximum atomic E-state index is 10.8. The summed E-state index contributed by atoms with van der Waals surface area (Å²) in [6, 6.07) is 3.95. The second-order valence-electron chi connectivity index (χ2n) is 7.64. The molecule has 0 bridgehead atoms. The molecule has 2 aromatic rings. The number of rotatable bonds is 3. The lowest BCUT2D eigenvalue weighted by molar-refractivity contribution is -0.0309. The van der Waals surface area contributed by atoms with E-state index in [2.05, 4.69) is 20.2 Å². The molecule has 1 saturated carbocycles. The van der Waals surface area contributed by atoms with Crippen LogP contribution in [0.25, 0.3) is 5.65 Å². The highest BCUT2D eigenvalue weighted by atomic mass is 16.3. The molecule has 2 aliphatic rings. The number of piperidine rings is 1. The molecule has 0 radical (unpaired) electrons. The zero-order chi connectivity index (χ0) is 16.6. The topological polar surface area (TPSA) is 66.5 Å². The molecule has 0 aromatic carbocycles. The highest BCUT2D eigenvalue weighted by Crippen LogP contribution is 2.32. The second kappa shape index (κ2) is 6.41. The number of aliphatic hydroxyl groups is 1. The summed E-state index contributed by atoms with van der Waals surface area (Å²) in [5.41, 5.74) is 1.36. The van der Waals surface area contributed by atoms with Crippen molar-refractivity contribution in [3.05, 3.63) is 23.7 Å². The predicted octanol–water partition coefficient (Wildman–Crippen LogP) is 2.31. The van der Waals surface area contributed by atoms with E-state index in [4.69, 9.17) is 0 Å². The fraction of sp³-hybridized carbons (Fsp3) is 0.722. The van der Waals surface area contributed by atoms with Gasteiger partial charge in [0, 0.05) is 12.5 Å². The summed E-state index contributed by atoms with van der Waals surface area (Å²) < 4.78 is 1.91. The van der Waals surface area contributed by atoms with E-state index < -0.39 is 5.60 Å². The fourth-order valence-electron chi connectivity index (χ4n) is 4.29. The minimum atomic E-state index is -0.453. The molecular weight excluding hydrogens is 302 g/mol. The van der Waals surface area contributed by atoms with Gasteiger partial charge >= 0.3 is 0 Å². The SMILES string of the molecule is Cc1ccc2nnc(C3CCN(CC4(O)CCCCC4)CC3)n2n1. The molecule has 6 nitrogen and oxygen atoms in total. The molecule has 4 rings (SSSR count). The number of hydrogen-bond donors (Lipinski definition) is 1. The Bertz CT molecular complexity index is 698. The lowest BCUT2D eigenvalue weighted by Crippen LogP contribution is -2.47. The standard InChI is InChI=1S/C18H27N5O/c1-14-5-6-16-19-20-17(23(16)21-14)15-7-11-22(12-8-15)13-18(24)9-3-2-4-10-18/h5-6,15,24H,2-4,7-13H2,1H3. The number of aryl methyl sites for hydroxylation is 1. The zero-order valence-corrected chi connectivity index (χ0v) is 14.5. The second-order valence-corrected chi connectivity index (χ2v) is 7.64. The third kappa shape index (κ3) is 3.17. The summed E-state index contributed by atoms with van der Waals surface area (Å²) in [4.78, 5) is 2.43. The van der Waals surface area contributed by atoms with Crippen LogP contribution in [0, 0.1) is 6.92 Å². The van der Waals surface area contributed by atoms with Crippen LogP contribution in [0.1, 0.15) is 62.4 Å². The van der Waals surface area contributed by atoms with Gasteiger partial charge in [-0.25, -0.2) is 0 Å². The van der Waals surface area contributed by atoms with Crippen LogP contribution in [0.3, 0.4) is 0 Å². The Hall–Kier alpha value is -1.53.